The molecule has 110 valence electrons. The molecule has 1 aromatic rings. The lowest BCUT2D eigenvalue weighted by molar-refractivity contribution is 0.0938. The smallest absolute Gasteiger partial charge is 0.253 e. The molecule has 1 unspecified atom stereocenters. The number of sulfone groups is 1. The second kappa shape index (κ2) is 5.79. The van der Waals surface area contributed by atoms with E-state index in [-0.39, 0.29) is 27.1 Å². The maximum Gasteiger partial charge on any atom is 0.253 e. The molecule has 20 heavy (non-hydrogen) atoms. The summed E-state index contributed by atoms with van der Waals surface area (Å²) in [7, 11) is -3.08. The van der Waals surface area contributed by atoms with Gasteiger partial charge >= 0.3 is 0 Å². The van der Waals surface area contributed by atoms with Gasteiger partial charge < -0.3 is 11.1 Å². The second-order valence-electron chi connectivity index (χ2n) is 4.79. The molecule has 0 spiro atoms. The summed E-state index contributed by atoms with van der Waals surface area (Å²) in [5.41, 5.74) is 6.10. The molecule has 1 aromatic carbocycles. The van der Waals surface area contributed by atoms with Gasteiger partial charge in [0.2, 0.25) is 0 Å². The van der Waals surface area contributed by atoms with E-state index in [0.717, 1.165) is 0 Å². The highest BCUT2D eigenvalue weighted by molar-refractivity contribution is 7.91. The summed E-state index contributed by atoms with van der Waals surface area (Å²) < 4.78 is 23.1. The summed E-state index contributed by atoms with van der Waals surface area (Å²) in [5.74, 6) is -0.345. The van der Waals surface area contributed by atoms with Crippen LogP contribution in [0.2, 0.25) is 10.0 Å². The Morgan fingerprint density at radius 3 is 2.70 bits per heavy atom. The Labute approximate surface area is 127 Å². The number of hydrogen-bond acceptors (Lipinski definition) is 4. The summed E-state index contributed by atoms with van der Waals surface area (Å²) in [5, 5.41) is 2.97. The molecule has 5 nitrogen and oxygen atoms in total. The van der Waals surface area contributed by atoms with Gasteiger partial charge in [-0.2, -0.15) is 0 Å². The van der Waals surface area contributed by atoms with Crippen molar-refractivity contribution in [3.8, 4) is 0 Å². The van der Waals surface area contributed by atoms with Crippen molar-refractivity contribution in [1.29, 1.82) is 0 Å². The molecule has 1 fully saturated rings. The van der Waals surface area contributed by atoms with Crippen LogP contribution < -0.4 is 11.1 Å². The molecule has 0 bridgehead atoms. The predicted octanol–water partition coefficient (Wildman–Crippen LogP) is 1.88. The number of rotatable bonds is 2. The molecule has 0 aromatic heterocycles. The maximum atomic E-state index is 12.1. The van der Waals surface area contributed by atoms with E-state index < -0.39 is 21.8 Å². The first-order chi connectivity index (χ1) is 9.28. The second-order valence-corrected chi connectivity index (χ2v) is 7.81. The van der Waals surface area contributed by atoms with E-state index in [0.29, 0.717) is 18.5 Å². The molecule has 1 atom stereocenters. The lowest BCUT2D eigenvalue weighted by Crippen LogP contribution is -2.43. The van der Waals surface area contributed by atoms with Crippen molar-refractivity contribution in [2.45, 2.75) is 18.9 Å². The van der Waals surface area contributed by atoms with Crippen molar-refractivity contribution in [3.05, 3.63) is 27.7 Å². The summed E-state index contributed by atoms with van der Waals surface area (Å²) in [6.07, 6.45) is 1.16. The van der Waals surface area contributed by atoms with Gasteiger partial charge in [0.25, 0.3) is 5.91 Å². The largest absolute Gasteiger partial charge is 0.399 e. The van der Waals surface area contributed by atoms with E-state index in [1.165, 1.54) is 12.1 Å². The minimum atomic E-state index is -3.08. The van der Waals surface area contributed by atoms with Crippen LogP contribution in [0.1, 0.15) is 23.2 Å². The molecule has 8 heteroatoms. The van der Waals surface area contributed by atoms with Crippen LogP contribution in [0.25, 0.3) is 0 Å². The minimum absolute atomic E-state index is 0.0492. The van der Waals surface area contributed by atoms with Gasteiger partial charge in [0, 0.05) is 11.7 Å². The summed E-state index contributed by atoms with van der Waals surface area (Å²) in [6, 6.07) is 2.46. The minimum Gasteiger partial charge on any atom is -0.399 e. The standard InChI is InChI=1S/C12H14Cl2N2O3S/c13-10-5-7(15)4-9(11(10)14)12(17)16-8-2-1-3-20(18,19)6-8/h4-5,8H,1-3,6,15H2,(H,16,17). The first-order valence-corrected chi connectivity index (χ1v) is 8.62. The number of anilines is 1. The number of hydrogen-bond donors (Lipinski definition) is 2. The highest BCUT2D eigenvalue weighted by atomic mass is 35.5. The van der Waals surface area contributed by atoms with Gasteiger partial charge in [-0.1, -0.05) is 23.2 Å². The number of benzene rings is 1. The van der Waals surface area contributed by atoms with Crippen molar-refractivity contribution < 1.29 is 13.2 Å². The van der Waals surface area contributed by atoms with Crippen LogP contribution in [0.3, 0.4) is 0 Å². The Kier molecular flexibility index (Phi) is 4.46. The van der Waals surface area contributed by atoms with Gasteiger partial charge in [0.05, 0.1) is 27.1 Å². The number of nitrogens with two attached hydrogens (primary N) is 1. The maximum absolute atomic E-state index is 12.1. The fourth-order valence-corrected chi connectivity index (χ4v) is 4.23. The van der Waals surface area contributed by atoms with E-state index in [2.05, 4.69) is 5.32 Å². The van der Waals surface area contributed by atoms with E-state index in [4.69, 9.17) is 28.9 Å². The Morgan fingerprint density at radius 2 is 2.05 bits per heavy atom. The van der Waals surface area contributed by atoms with Crippen molar-refractivity contribution in [2.75, 3.05) is 17.2 Å². The summed E-state index contributed by atoms with van der Waals surface area (Å²) in [4.78, 5) is 12.1. The first-order valence-electron chi connectivity index (χ1n) is 6.04. The number of amides is 1. The normalized spacial score (nSPS) is 21.4. The van der Waals surface area contributed by atoms with Crippen LogP contribution >= 0.6 is 23.2 Å². The quantitative estimate of drug-likeness (QED) is 0.807. The fraction of sp³-hybridized carbons (Fsp3) is 0.417. The molecule has 1 amide bonds. The molecule has 0 aliphatic carbocycles. The number of carbonyl (C=O) groups is 1. The zero-order valence-corrected chi connectivity index (χ0v) is 12.9. The van der Waals surface area contributed by atoms with Crippen LogP contribution in [0, 0.1) is 0 Å². The molecule has 1 saturated heterocycles. The van der Waals surface area contributed by atoms with Gasteiger partial charge in [-0.15, -0.1) is 0 Å². The van der Waals surface area contributed by atoms with E-state index in [1.54, 1.807) is 0 Å². The third kappa shape index (κ3) is 3.56. The van der Waals surface area contributed by atoms with Crippen LogP contribution in [0.4, 0.5) is 5.69 Å². The Morgan fingerprint density at radius 1 is 1.35 bits per heavy atom. The van der Waals surface area contributed by atoms with Gasteiger partial charge in [0.1, 0.15) is 0 Å². The SMILES string of the molecule is Nc1cc(Cl)c(Cl)c(C(=O)NC2CCCS(=O)(=O)C2)c1. The molecule has 2 rings (SSSR count). The van der Waals surface area contributed by atoms with Crippen molar-refractivity contribution in [1.82, 2.24) is 5.32 Å². The van der Waals surface area contributed by atoms with Gasteiger partial charge in [-0.3, -0.25) is 4.79 Å². The molecule has 1 aliphatic rings. The summed E-state index contributed by atoms with van der Waals surface area (Å²) in [6.45, 7) is 0. The third-order valence-corrected chi connectivity index (χ3v) is 5.72. The Balaban J connectivity index is 2.17. The molecule has 0 saturated carbocycles. The third-order valence-electron chi connectivity index (χ3n) is 3.09. The van der Waals surface area contributed by atoms with Gasteiger partial charge in [0.15, 0.2) is 9.84 Å². The molecule has 0 radical (unpaired) electrons. The lowest BCUT2D eigenvalue weighted by atomic mass is 10.1. The highest BCUT2D eigenvalue weighted by Crippen LogP contribution is 2.29. The summed E-state index contributed by atoms with van der Waals surface area (Å²) >= 11 is 11.8. The van der Waals surface area contributed by atoms with Crippen molar-refractivity contribution in [3.63, 3.8) is 0 Å². The highest BCUT2D eigenvalue weighted by Gasteiger charge is 2.27. The Hall–Kier alpha value is -0.980. The number of nitrogens with one attached hydrogen (secondary N) is 1. The van der Waals surface area contributed by atoms with E-state index in [9.17, 15) is 13.2 Å². The predicted molar refractivity (Wildman–Crippen MR) is 80.0 cm³/mol. The number of halogens is 2. The van der Waals surface area contributed by atoms with Gasteiger partial charge in [-0.25, -0.2) is 8.42 Å². The average molecular weight is 337 g/mol. The molecular formula is C12H14Cl2N2O3S. The Bertz CT molecular complexity index is 646. The monoisotopic (exact) mass is 336 g/mol. The topological polar surface area (TPSA) is 89.3 Å². The lowest BCUT2D eigenvalue weighted by Gasteiger charge is -2.23. The van der Waals surface area contributed by atoms with Crippen LogP contribution in [-0.4, -0.2) is 31.9 Å². The van der Waals surface area contributed by atoms with Crippen LogP contribution in [-0.2, 0) is 9.84 Å². The molecule has 1 aliphatic heterocycles. The average Bonchev–Trinajstić information content (AvgIpc) is 2.32. The zero-order chi connectivity index (χ0) is 14.9. The van der Waals surface area contributed by atoms with Crippen molar-refractivity contribution >= 4 is 44.6 Å². The molecular weight excluding hydrogens is 323 g/mol. The number of nitrogen functional groups attached to an aromatic ring is 1. The molecule has 3 N–H and O–H groups in total. The number of carbonyl (C=O) groups excluding carboxylic acids is 1. The fourth-order valence-electron chi connectivity index (χ4n) is 2.18. The van der Waals surface area contributed by atoms with E-state index in [1.807, 2.05) is 0 Å². The van der Waals surface area contributed by atoms with Gasteiger partial charge in [-0.05, 0) is 25.0 Å². The van der Waals surface area contributed by atoms with E-state index >= 15 is 0 Å². The molecule has 1 heterocycles. The first kappa shape index (κ1) is 15.4. The van der Waals surface area contributed by atoms with Crippen molar-refractivity contribution in [2.24, 2.45) is 0 Å². The van der Waals surface area contributed by atoms with Crippen LogP contribution in [0.5, 0.6) is 0 Å². The van der Waals surface area contributed by atoms with Crippen LogP contribution in [0.15, 0.2) is 12.1 Å². The zero-order valence-electron chi connectivity index (χ0n) is 10.5.